The number of aryl methyl sites for hydroxylation is 1. The van der Waals surface area contributed by atoms with Gasteiger partial charge in [-0.3, -0.25) is 14.3 Å². The first-order valence-corrected chi connectivity index (χ1v) is 13.3. The molecule has 3 aromatic rings. The minimum absolute atomic E-state index is 0.00402. The summed E-state index contributed by atoms with van der Waals surface area (Å²) in [4.78, 5) is 30.1. The first-order valence-electron chi connectivity index (χ1n) is 13.3. The zero-order valence-electron chi connectivity index (χ0n) is 21.6. The van der Waals surface area contributed by atoms with Crippen molar-refractivity contribution in [1.82, 2.24) is 35.0 Å². The summed E-state index contributed by atoms with van der Waals surface area (Å²) >= 11 is 0. The van der Waals surface area contributed by atoms with E-state index in [1.54, 1.807) is 23.1 Å². The molecule has 12 heteroatoms. The van der Waals surface area contributed by atoms with Crippen molar-refractivity contribution in [3.05, 3.63) is 53.2 Å². The summed E-state index contributed by atoms with van der Waals surface area (Å²) in [5.41, 5.74) is 3.36. The van der Waals surface area contributed by atoms with E-state index in [2.05, 4.69) is 37.9 Å². The van der Waals surface area contributed by atoms with Gasteiger partial charge in [0.25, 0.3) is 5.91 Å². The van der Waals surface area contributed by atoms with Crippen LogP contribution in [0, 0.1) is 24.0 Å². The highest BCUT2D eigenvalue weighted by Crippen LogP contribution is 2.34. The molecule has 1 aliphatic heterocycles. The van der Waals surface area contributed by atoms with Gasteiger partial charge in [0.05, 0.1) is 17.8 Å². The molecule has 1 aliphatic carbocycles. The average molecular weight is 542 g/mol. The van der Waals surface area contributed by atoms with E-state index >= 15 is 0 Å². The second kappa shape index (κ2) is 11.1. The molecule has 2 unspecified atom stereocenters. The number of nitrogens with zero attached hydrogens (tertiary/aromatic N) is 5. The highest BCUT2D eigenvalue weighted by molar-refractivity contribution is 5.98. The van der Waals surface area contributed by atoms with Gasteiger partial charge in [0.1, 0.15) is 17.1 Å². The molecule has 0 spiro atoms. The van der Waals surface area contributed by atoms with Gasteiger partial charge in [-0.2, -0.15) is 23.4 Å². The number of hydrogen-bond acceptors (Lipinski definition) is 5. The highest BCUT2D eigenvalue weighted by Gasteiger charge is 2.44. The van der Waals surface area contributed by atoms with Gasteiger partial charge >= 0.3 is 6.18 Å². The Morgan fingerprint density at radius 2 is 1.97 bits per heavy atom. The number of amides is 2. The molecule has 0 radical (unpaired) electrons. The van der Waals surface area contributed by atoms with E-state index in [1.165, 1.54) is 4.52 Å². The lowest BCUT2D eigenvalue weighted by atomic mass is 9.86. The van der Waals surface area contributed by atoms with Crippen molar-refractivity contribution in [1.29, 1.82) is 0 Å². The fraction of sp³-hybridized carbons (Fsp3) is 0.519. The molecule has 2 N–H and O–H groups in total. The lowest BCUT2D eigenvalue weighted by molar-refractivity contribution is -0.183. The quantitative estimate of drug-likeness (QED) is 0.461. The van der Waals surface area contributed by atoms with Gasteiger partial charge < -0.3 is 10.6 Å². The van der Waals surface area contributed by atoms with Crippen LogP contribution >= 0.6 is 0 Å². The maximum absolute atomic E-state index is 13.2. The Balaban J connectivity index is 1.43. The molecule has 4 heterocycles. The van der Waals surface area contributed by atoms with Crippen LogP contribution in [-0.2, 0) is 17.8 Å². The number of carbonyl (C=O) groups is 2. The number of rotatable bonds is 6. The summed E-state index contributed by atoms with van der Waals surface area (Å²) in [5.74, 6) is -3.17. The number of carbonyl (C=O) groups excluding carboxylic acids is 2. The first kappa shape index (κ1) is 26.7. The van der Waals surface area contributed by atoms with Gasteiger partial charge in [-0.25, -0.2) is 9.50 Å². The summed E-state index contributed by atoms with van der Waals surface area (Å²) in [6.45, 7) is 2.05. The second-order valence-electron chi connectivity index (χ2n) is 10.1. The monoisotopic (exact) mass is 541 g/mol. The molecule has 0 aromatic carbocycles. The van der Waals surface area contributed by atoms with Crippen LogP contribution in [0.25, 0.3) is 11.3 Å². The fourth-order valence-electron chi connectivity index (χ4n) is 5.28. The maximum atomic E-state index is 13.2. The van der Waals surface area contributed by atoms with Crippen LogP contribution in [0.15, 0.2) is 24.0 Å². The van der Waals surface area contributed by atoms with E-state index in [0.717, 1.165) is 44.1 Å². The minimum atomic E-state index is -4.38. The SMILES string of the molecule is CCn1nccc1C(=O)NC(=C1CCCCCC1)c1cn2nc(CC3CC(C(F)(F)F)CNC3=O)c#cc2n1. The third kappa shape index (κ3) is 5.92. The predicted molar refractivity (Wildman–Crippen MR) is 135 cm³/mol. The van der Waals surface area contributed by atoms with Crippen LogP contribution < -0.4 is 10.6 Å². The molecular weight excluding hydrogens is 511 g/mol. The summed E-state index contributed by atoms with van der Waals surface area (Å²) in [7, 11) is 0. The number of hydrogen-bond donors (Lipinski definition) is 2. The molecule has 1 saturated heterocycles. The third-order valence-electron chi connectivity index (χ3n) is 7.40. The summed E-state index contributed by atoms with van der Waals surface area (Å²) in [5, 5.41) is 14.1. The van der Waals surface area contributed by atoms with Gasteiger partial charge in [-0.1, -0.05) is 12.8 Å². The average Bonchev–Trinajstić information content (AvgIpc) is 3.47. The van der Waals surface area contributed by atoms with Crippen molar-refractivity contribution in [3.8, 4) is 0 Å². The van der Waals surface area contributed by atoms with Crippen LogP contribution in [0.3, 0.4) is 0 Å². The van der Waals surface area contributed by atoms with Crippen LogP contribution in [0.1, 0.15) is 73.7 Å². The number of aromatic nitrogens is 5. The maximum Gasteiger partial charge on any atom is 0.393 e. The van der Waals surface area contributed by atoms with E-state index in [-0.39, 0.29) is 18.7 Å². The van der Waals surface area contributed by atoms with Gasteiger partial charge in [0.15, 0.2) is 0 Å². The van der Waals surface area contributed by atoms with Crippen LogP contribution in [0.2, 0.25) is 0 Å². The largest absolute Gasteiger partial charge is 0.393 e. The first-order chi connectivity index (χ1) is 18.7. The molecule has 9 nitrogen and oxygen atoms in total. The van der Waals surface area contributed by atoms with Gasteiger partial charge in [0.2, 0.25) is 11.6 Å². The third-order valence-corrected chi connectivity index (χ3v) is 7.40. The van der Waals surface area contributed by atoms with Crippen molar-refractivity contribution in [2.45, 2.75) is 71.0 Å². The number of fused-ring (bicyclic) bond motifs is 1. The number of piperidine rings is 1. The Labute approximate surface area is 223 Å². The van der Waals surface area contributed by atoms with Gasteiger partial charge in [-0.05, 0) is 62.8 Å². The topological polar surface area (TPSA) is 106 Å². The van der Waals surface area contributed by atoms with E-state index < -0.39 is 30.5 Å². The molecule has 1 saturated carbocycles. The lowest BCUT2D eigenvalue weighted by Gasteiger charge is -2.30. The summed E-state index contributed by atoms with van der Waals surface area (Å²) in [6.07, 6.45) is 4.53. The standard InChI is InChI=1S/C27H30F3N7O2/c1-2-36-22(11-12-32-36)26(39)34-24(17-7-5-3-4-6-8-17)21-16-37-23(33-21)10-9-20(35-37)14-18-13-19(27(28,29)30)15-31-25(18)38/h11-12,16,18-19H,2-8,13-15H2,1H3,(H,31,38)(H,34,39). The molecule has 2 amide bonds. The molecule has 3 aromatic heterocycles. The minimum Gasteiger partial charge on any atom is -0.355 e. The Kier molecular flexibility index (Phi) is 7.59. The molecule has 2 atom stereocenters. The van der Waals surface area contributed by atoms with Crippen molar-refractivity contribution in [2.24, 2.45) is 11.8 Å². The van der Waals surface area contributed by atoms with E-state index in [0.29, 0.717) is 35.0 Å². The predicted octanol–water partition coefficient (Wildman–Crippen LogP) is 3.90. The molecule has 2 aliphatic rings. The number of imidazole rings is 1. The van der Waals surface area contributed by atoms with E-state index in [4.69, 9.17) is 0 Å². The Morgan fingerprint density at radius 1 is 1.21 bits per heavy atom. The zero-order chi connectivity index (χ0) is 27.6. The normalized spacial score (nSPS) is 20.3. The van der Waals surface area contributed by atoms with Crippen LogP contribution in [0.4, 0.5) is 13.2 Å². The summed E-state index contributed by atoms with van der Waals surface area (Å²) in [6, 6.07) is 7.44. The molecule has 0 bridgehead atoms. The lowest BCUT2D eigenvalue weighted by Crippen LogP contribution is -2.47. The molecule has 2 fully saturated rings. The number of halogens is 3. The van der Waals surface area contributed by atoms with Crippen molar-refractivity contribution in [2.75, 3.05) is 6.54 Å². The molecular formula is C27H30F3N7O2. The highest BCUT2D eigenvalue weighted by atomic mass is 19.4. The van der Waals surface area contributed by atoms with E-state index in [1.807, 2.05) is 6.92 Å². The number of allylic oxidation sites excluding steroid dienone is 1. The van der Waals surface area contributed by atoms with Crippen molar-refractivity contribution in [3.63, 3.8) is 0 Å². The van der Waals surface area contributed by atoms with E-state index in [9.17, 15) is 22.8 Å². The molecule has 206 valence electrons. The fourth-order valence-corrected chi connectivity index (χ4v) is 5.28. The van der Waals surface area contributed by atoms with Gasteiger partial charge in [0, 0.05) is 31.6 Å². The van der Waals surface area contributed by atoms with Crippen LogP contribution in [-0.4, -0.2) is 48.9 Å². The van der Waals surface area contributed by atoms with Gasteiger partial charge in [-0.15, -0.1) is 0 Å². The Hall–Kier alpha value is -3.88. The zero-order valence-corrected chi connectivity index (χ0v) is 21.6. The smallest absolute Gasteiger partial charge is 0.355 e. The Bertz CT molecular complexity index is 1380. The second-order valence-corrected chi connectivity index (χ2v) is 10.1. The number of alkyl halides is 3. The molecule has 39 heavy (non-hydrogen) atoms. The van der Waals surface area contributed by atoms with Crippen molar-refractivity contribution >= 4 is 23.2 Å². The number of nitrogens with one attached hydrogen (secondary N) is 2. The van der Waals surface area contributed by atoms with Crippen molar-refractivity contribution < 1.29 is 22.8 Å². The Morgan fingerprint density at radius 3 is 2.69 bits per heavy atom. The molecule has 5 rings (SSSR count). The summed E-state index contributed by atoms with van der Waals surface area (Å²) < 4.78 is 42.8. The van der Waals surface area contributed by atoms with Crippen LogP contribution in [0.5, 0.6) is 0 Å².